The zero-order chi connectivity index (χ0) is 8.81. The molecule has 2 amide bonds. The third-order valence-electron chi connectivity index (χ3n) is 2.02. The van der Waals surface area contributed by atoms with Gasteiger partial charge in [-0.05, 0) is 26.2 Å². The number of carbonyl (C=O) groups is 1. The first-order valence-corrected chi connectivity index (χ1v) is 4.51. The highest BCUT2D eigenvalue weighted by Gasteiger charge is 2.14. The van der Waals surface area contributed by atoms with Crippen LogP contribution in [0.25, 0.3) is 0 Å². The summed E-state index contributed by atoms with van der Waals surface area (Å²) in [6, 6.07) is 0.0350. The highest BCUT2D eigenvalue weighted by molar-refractivity contribution is 5.75. The van der Waals surface area contributed by atoms with Gasteiger partial charge in [0.05, 0.1) is 0 Å². The Morgan fingerprint density at radius 2 is 2.00 bits per heavy atom. The van der Waals surface area contributed by atoms with Gasteiger partial charge in [-0.1, -0.05) is 6.08 Å². The summed E-state index contributed by atoms with van der Waals surface area (Å²) in [5, 5.41) is 2.71. The smallest absolute Gasteiger partial charge is 0.321 e. The van der Waals surface area contributed by atoms with Crippen LogP contribution in [0.5, 0.6) is 0 Å². The molecule has 1 aliphatic rings. The lowest BCUT2D eigenvalue weighted by Gasteiger charge is -2.25. The predicted molar refractivity (Wildman–Crippen MR) is 48.8 cm³/mol. The first kappa shape index (κ1) is 9.10. The molecule has 0 atom stereocenters. The summed E-state index contributed by atoms with van der Waals surface area (Å²) in [5.74, 6) is 0. The zero-order valence-corrected chi connectivity index (χ0v) is 7.55. The second-order valence-electron chi connectivity index (χ2n) is 3.00. The Hall–Kier alpha value is -0.990. The van der Waals surface area contributed by atoms with E-state index >= 15 is 0 Å². The minimum Gasteiger partial charge on any atom is -0.325 e. The lowest BCUT2D eigenvalue weighted by atomic mass is 10.1. The van der Waals surface area contributed by atoms with E-state index < -0.39 is 0 Å². The van der Waals surface area contributed by atoms with E-state index in [4.69, 9.17) is 0 Å². The van der Waals surface area contributed by atoms with Gasteiger partial charge >= 0.3 is 6.03 Å². The summed E-state index contributed by atoms with van der Waals surface area (Å²) in [6.45, 7) is 3.70. The summed E-state index contributed by atoms with van der Waals surface area (Å²) < 4.78 is 0. The highest BCUT2D eigenvalue weighted by atomic mass is 16.2. The van der Waals surface area contributed by atoms with Crippen LogP contribution in [0.2, 0.25) is 0 Å². The Balaban J connectivity index is 2.29. The number of nitrogens with zero attached hydrogens (tertiary/aromatic N) is 1. The molecule has 1 saturated heterocycles. The van der Waals surface area contributed by atoms with Gasteiger partial charge in [0.1, 0.15) is 0 Å². The third-order valence-corrected chi connectivity index (χ3v) is 2.02. The summed E-state index contributed by atoms with van der Waals surface area (Å²) in [5.41, 5.74) is 0. The maximum atomic E-state index is 11.3. The van der Waals surface area contributed by atoms with Gasteiger partial charge in [0.15, 0.2) is 0 Å². The van der Waals surface area contributed by atoms with E-state index in [2.05, 4.69) is 5.32 Å². The van der Waals surface area contributed by atoms with E-state index in [-0.39, 0.29) is 6.03 Å². The van der Waals surface area contributed by atoms with Crippen molar-refractivity contribution < 1.29 is 4.79 Å². The molecule has 0 unspecified atom stereocenters. The molecular weight excluding hydrogens is 152 g/mol. The summed E-state index contributed by atoms with van der Waals surface area (Å²) in [7, 11) is 0. The Morgan fingerprint density at radius 3 is 2.58 bits per heavy atom. The molecule has 0 radical (unpaired) electrons. The van der Waals surface area contributed by atoms with Crippen LogP contribution >= 0.6 is 0 Å². The highest BCUT2D eigenvalue weighted by Crippen LogP contribution is 2.07. The van der Waals surface area contributed by atoms with Crippen molar-refractivity contribution in [2.75, 3.05) is 13.1 Å². The maximum Gasteiger partial charge on any atom is 0.321 e. The number of allylic oxidation sites excluding steroid dienone is 1. The molecular formula is C9H16N2O. The number of rotatable bonds is 1. The van der Waals surface area contributed by atoms with Crippen molar-refractivity contribution in [3.8, 4) is 0 Å². The SMILES string of the molecule is C/C=C/NC(=O)N1CCCCC1. The summed E-state index contributed by atoms with van der Waals surface area (Å²) in [4.78, 5) is 13.2. The van der Waals surface area contributed by atoms with Crippen LogP contribution in [-0.2, 0) is 0 Å². The van der Waals surface area contributed by atoms with Crippen LogP contribution in [0.4, 0.5) is 4.79 Å². The van der Waals surface area contributed by atoms with Crippen LogP contribution in [-0.4, -0.2) is 24.0 Å². The van der Waals surface area contributed by atoms with E-state index in [0.29, 0.717) is 0 Å². The van der Waals surface area contributed by atoms with Gasteiger partial charge in [-0.25, -0.2) is 4.79 Å². The van der Waals surface area contributed by atoms with Crippen LogP contribution in [0.3, 0.4) is 0 Å². The Morgan fingerprint density at radius 1 is 1.33 bits per heavy atom. The van der Waals surface area contributed by atoms with Crippen LogP contribution in [0.15, 0.2) is 12.3 Å². The molecule has 0 bridgehead atoms. The van der Waals surface area contributed by atoms with E-state index in [1.54, 1.807) is 6.20 Å². The predicted octanol–water partition coefficient (Wildman–Crippen LogP) is 1.72. The van der Waals surface area contributed by atoms with Gasteiger partial charge in [-0.2, -0.15) is 0 Å². The van der Waals surface area contributed by atoms with Crippen molar-refractivity contribution in [1.82, 2.24) is 10.2 Å². The van der Waals surface area contributed by atoms with E-state index in [1.165, 1.54) is 6.42 Å². The van der Waals surface area contributed by atoms with Gasteiger partial charge in [0, 0.05) is 19.3 Å². The standard InChI is InChI=1S/C9H16N2O/c1-2-6-10-9(12)11-7-4-3-5-8-11/h2,6H,3-5,7-8H2,1H3,(H,10,12)/b6-2+. The Bertz CT molecular complexity index is 171. The lowest BCUT2D eigenvalue weighted by Crippen LogP contribution is -2.40. The third kappa shape index (κ3) is 2.57. The molecule has 1 aliphatic heterocycles. The van der Waals surface area contributed by atoms with Crippen molar-refractivity contribution in [3.63, 3.8) is 0 Å². The van der Waals surface area contributed by atoms with E-state index in [0.717, 1.165) is 25.9 Å². The minimum absolute atomic E-state index is 0.0350. The zero-order valence-electron chi connectivity index (χ0n) is 7.55. The van der Waals surface area contributed by atoms with E-state index in [1.807, 2.05) is 17.9 Å². The number of amides is 2. The number of likely N-dealkylation sites (tertiary alicyclic amines) is 1. The fourth-order valence-corrected chi connectivity index (χ4v) is 1.34. The van der Waals surface area contributed by atoms with Crippen LogP contribution in [0.1, 0.15) is 26.2 Å². The second kappa shape index (κ2) is 4.80. The number of carbonyl (C=O) groups excluding carboxylic acids is 1. The second-order valence-corrected chi connectivity index (χ2v) is 3.00. The van der Waals surface area contributed by atoms with Crippen LogP contribution in [0, 0.1) is 0 Å². The van der Waals surface area contributed by atoms with Gasteiger partial charge in [0.25, 0.3) is 0 Å². The van der Waals surface area contributed by atoms with Gasteiger partial charge in [-0.3, -0.25) is 0 Å². The molecule has 0 aliphatic carbocycles. The number of urea groups is 1. The number of hydrogen-bond donors (Lipinski definition) is 1. The quantitative estimate of drug-likeness (QED) is 0.635. The summed E-state index contributed by atoms with van der Waals surface area (Å²) in [6.07, 6.45) is 7.04. The Kier molecular flexibility index (Phi) is 3.64. The molecule has 1 fully saturated rings. The molecule has 68 valence electrons. The van der Waals surface area contributed by atoms with Crippen molar-refractivity contribution in [2.45, 2.75) is 26.2 Å². The minimum atomic E-state index is 0.0350. The average Bonchev–Trinajstić information content (AvgIpc) is 2.15. The molecule has 1 rings (SSSR count). The Labute approximate surface area is 73.4 Å². The fourth-order valence-electron chi connectivity index (χ4n) is 1.34. The first-order chi connectivity index (χ1) is 5.84. The maximum absolute atomic E-state index is 11.3. The number of piperidine rings is 1. The van der Waals surface area contributed by atoms with Crippen LogP contribution < -0.4 is 5.32 Å². The average molecular weight is 168 g/mol. The molecule has 1 heterocycles. The van der Waals surface area contributed by atoms with E-state index in [9.17, 15) is 4.79 Å². The normalized spacial score (nSPS) is 18.2. The molecule has 1 N–H and O–H groups in total. The van der Waals surface area contributed by atoms with Crippen molar-refractivity contribution >= 4 is 6.03 Å². The topological polar surface area (TPSA) is 32.3 Å². The van der Waals surface area contributed by atoms with Gasteiger partial charge < -0.3 is 10.2 Å². The first-order valence-electron chi connectivity index (χ1n) is 4.51. The molecule has 0 saturated carbocycles. The lowest BCUT2D eigenvalue weighted by molar-refractivity contribution is 0.190. The monoisotopic (exact) mass is 168 g/mol. The van der Waals surface area contributed by atoms with Crippen molar-refractivity contribution in [3.05, 3.63) is 12.3 Å². The molecule has 0 aromatic rings. The van der Waals surface area contributed by atoms with Gasteiger partial charge in [-0.15, -0.1) is 0 Å². The largest absolute Gasteiger partial charge is 0.325 e. The molecule has 3 nitrogen and oxygen atoms in total. The fraction of sp³-hybridized carbons (Fsp3) is 0.667. The molecule has 0 spiro atoms. The molecule has 12 heavy (non-hydrogen) atoms. The molecule has 3 heteroatoms. The van der Waals surface area contributed by atoms with Gasteiger partial charge in [0.2, 0.25) is 0 Å². The number of nitrogens with one attached hydrogen (secondary N) is 1. The molecule has 0 aromatic carbocycles. The summed E-state index contributed by atoms with van der Waals surface area (Å²) >= 11 is 0. The number of hydrogen-bond acceptors (Lipinski definition) is 1. The van der Waals surface area contributed by atoms with Crippen molar-refractivity contribution in [2.24, 2.45) is 0 Å². The van der Waals surface area contributed by atoms with Crippen molar-refractivity contribution in [1.29, 1.82) is 0 Å². The molecule has 0 aromatic heterocycles.